The number of hydrogen-bond acceptors (Lipinski definition) is 6. The number of aromatic nitrogens is 2. The van der Waals surface area contributed by atoms with Crippen molar-refractivity contribution in [3.8, 4) is 6.07 Å². The molecule has 1 N–H and O–H groups in total. The second kappa shape index (κ2) is 10.1. The summed E-state index contributed by atoms with van der Waals surface area (Å²) in [5, 5.41) is 11.2. The number of amides is 2. The molecular formula is C32H27N5O2S. The summed E-state index contributed by atoms with van der Waals surface area (Å²) in [5.74, 6) is 1.23. The van der Waals surface area contributed by atoms with E-state index in [1.54, 1.807) is 11.1 Å². The zero-order valence-corrected chi connectivity index (χ0v) is 22.7. The van der Waals surface area contributed by atoms with Gasteiger partial charge in [-0.2, -0.15) is 5.26 Å². The zero-order valence-electron chi connectivity index (χ0n) is 21.9. The van der Waals surface area contributed by atoms with Crippen LogP contribution in [0.5, 0.6) is 0 Å². The Kier molecular flexibility index (Phi) is 6.24. The number of benzene rings is 2. The van der Waals surface area contributed by atoms with Crippen molar-refractivity contribution in [1.82, 2.24) is 14.7 Å². The Morgan fingerprint density at radius 2 is 1.82 bits per heavy atom. The molecule has 3 heterocycles. The SMILES string of the molecule is N#Cc1cc(CSNC(=O)Cc2ccccn2)ccc1N1Cc2c(c(C3CC3)c3cccnc3c2C2CC2)C1=O. The summed E-state index contributed by atoms with van der Waals surface area (Å²) in [7, 11) is 0. The van der Waals surface area contributed by atoms with Crippen LogP contribution in [0.15, 0.2) is 60.9 Å². The van der Waals surface area contributed by atoms with Gasteiger partial charge < -0.3 is 4.90 Å². The second-order valence-corrected chi connectivity index (χ2v) is 11.6. The molecule has 7 rings (SSSR count). The Bertz CT molecular complexity index is 1710. The van der Waals surface area contributed by atoms with Crippen LogP contribution >= 0.6 is 11.9 Å². The van der Waals surface area contributed by atoms with Crippen LogP contribution in [0.1, 0.15) is 81.4 Å². The number of nitriles is 1. The minimum absolute atomic E-state index is 0.00929. The van der Waals surface area contributed by atoms with E-state index in [-0.39, 0.29) is 18.2 Å². The van der Waals surface area contributed by atoms with Crippen LogP contribution in [0.3, 0.4) is 0 Å². The molecule has 0 atom stereocenters. The largest absolute Gasteiger partial charge is 0.303 e. The Morgan fingerprint density at radius 3 is 2.58 bits per heavy atom. The van der Waals surface area contributed by atoms with Gasteiger partial charge in [0.05, 0.1) is 29.7 Å². The van der Waals surface area contributed by atoms with Crippen molar-refractivity contribution in [2.45, 2.75) is 56.2 Å². The molecule has 198 valence electrons. The fraction of sp³-hybridized carbons (Fsp3) is 0.281. The van der Waals surface area contributed by atoms with E-state index in [4.69, 9.17) is 4.98 Å². The average Bonchev–Trinajstić information content (AvgIpc) is 3.91. The highest BCUT2D eigenvalue weighted by Crippen LogP contribution is 2.53. The van der Waals surface area contributed by atoms with Gasteiger partial charge in [0.1, 0.15) is 6.07 Å². The first kappa shape index (κ1) is 24.8. The van der Waals surface area contributed by atoms with Crippen LogP contribution in [0, 0.1) is 11.3 Å². The molecule has 0 radical (unpaired) electrons. The van der Waals surface area contributed by atoms with Gasteiger partial charge in [-0.25, -0.2) is 0 Å². The lowest BCUT2D eigenvalue weighted by atomic mass is 9.88. The highest BCUT2D eigenvalue weighted by molar-refractivity contribution is 7.97. The molecule has 2 aromatic heterocycles. The maximum absolute atomic E-state index is 14.1. The summed E-state index contributed by atoms with van der Waals surface area (Å²) in [5.41, 5.74) is 8.12. The van der Waals surface area contributed by atoms with E-state index in [2.05, 4.69) is 21.8 Å². The van der Waals surface area contributed by atoms with E-state index >= 15 is 0 Å². The van der Waals surface area contributed by atoms with Gasteiger partial charge in [0, 0.05) is 34.8 Å². The number of nitrogens with zero attached hydrogens (tertiary/aromatic N) is 4. The smallest absolute Gasteiger partial charge is 0.259 e. The van der Waals surface area contributed by atoms with Crippen molar-refractivity contribution < 1.29 is 9.59 Å². The van der Waals surface area contributed by atoms with E-state index in [9.17, 15) is 14.9 Å². The van der Waals surface area contributed by atoms with E-state index in [0.29, 0.717) is 41.1 Å². The van der Waals surface area contributed by atoms with Gasteiger partial charge in [-0.05, 0) is 102 Å². The first-order chi connectivity index (χ1) is 19.6. The van der Waals surface area contributed by atoms with Crippen LogP contribution in [-0.2, 0) is 23.5 Å². The van der Waals surface area contributed by atoms with Crippen molar-refractivity contribution in [3.05, 3.63) is 100.0 Å². The Morgan fingerprint density at radius 1 is 1.02 bits per heavy atom. The number of hydrogen-bond donors (Lipinski definition) is 1. The molecule has 8 heteroatoms. The molecule has 4 aromatic rings. The number of carbonyl (C=O) groups excluding carboxylic acids is 2. The Labute approximate surface area is 236 Å². The molecule has 2 fully saturated rings. The minimum Gasteiger partial charge on any atom is -0.303 e. The minimum atomic E-state index is -0.124. The van der Waals surface area contributed by atoms with Crippen LogP contribution in [-0.4, -0.2) is 21.8 Å². The summed E-state index contributed by atoms with van der Waals surface area (Å²) in [6, 6.07) is 17.5. The number of pyridine rings is 2. The van der Waals surface area contributed by atoms with Gasteiger partial charge in [0.15, 0.2) is 0 Å². The van der Waals surface area contributed by atoms with Gasteiger partial charge in [0.25, 0.3) is 5.91 Å². The summed E-state index contributed by atoms with van der Waals surface area (Å²) >= 11 is 1.28. The number of nitrogens with one attached hydrogen (secondary N) is 1. The molecule has 2 aromatic carbocycles. The van der Waals surface area contributed by atoms with Gasteiger partial charge >= 0.3 is 0 Å². The zero-order chi connectivity index (χ0) is 27.2. The normalized spacial score (nSPS) is 16.2. The summed E-state index contributed by atoms with van der Waals surface area (Å²) in [4.78, 5) is 37.1. The van der Waals surface area contributed by atoms with Crippen LogP contribution < -0.4 is 9.62 Å². The van der Waals surface area contributed by atoms with Gasteiger partial charge in [-0.1, -0.05) is 18.2 Å². The number of rotatable bonds is 8. The third-order valence-electron chi connectivity index (χ3n) is 7.96. The van der Waals surface area contributed by atoms with Crippen molar-refractivity contribution in [2.75, 3.05) is 4.90 Å². The van der Waals surface area contributed by atoms with Gasteiger partial charge in [-0.3, -0.25) is 24.3 Å². The third kappa shape index (κ3) is 4.50. The predicted molar refractivity (Wildman–Crippen MR) is 155 cm³/mol. The molecule has 1 aliphatic heterocycles. The first-order valence-electron chi connectivity index (χ1n) is 13.7. The monoisotopic (exact) mass is 545 g/mol. The summed E-state index contributed by atoms with van der Waals surface area (Å²) in [6.07, 6.45) is 8.19. The van der Waals surface area contributed by atoms with E-state index in [1.165, 1.54) is 17.5 Å². The van der Waals surface area contributed by atoms with Crippen molar-refractivity contribution >= 4 is 40.4 Å². The molecule has 0 unspecified atom stereocenters. The number of carbonyl (C=O) groups is 2. The molecule has 0 bridgehead atoms. The quantitative estimate of drug-likeness (QED) is 0.276. The van der Waals surface area contributed by atoms with Crippen LogP contribution in [0.4, 0.5) is 5.69 Å². The molecule has 2 saturated carbocycles. The Hall–Kier alpha value is -4.22. The predicted octanol–water partition coefficient (Wildman–Crippen LogP) is 5.92. The molecule has 40 heavy (non-hydrogen) atoms. The lowest BCUT2D eigenvalue weighted by Gasteiger charge is -2.18. The van der Waals surface area contributed by atoms with E-state index in [0.717, 1.165) is 58.8 Å². The second-order valence-electron chi connectivity index (χ2n) is 10.8. The molecule has 0 spiro atoms. The van der Waals surface area contributed by atoms with Crippen LogP contribution in [0.2, 0.25) is 0 Å². The van der Waals surface area contributed by atoms with E-state index < -0.39 is 0 Å². The molecule has 3 aliphatic rings. The van der Waals surface area contributed by atoms with E-state index in [1.807, 2.05) is 48.7 Å². The fourth-order valence-corrected chi connectivity index (χ4v) is 6.54. The first-order valence-corrected chi connectivity index (χ1v) is 14.7. The number of fused-ring (bicyclic) bond motifs is 2. The van der Waals surface area contributed by atoms with Crippen molar-refractivity contribution in [3.63, 3.8) is 0 Å². The maximum atomic E-state index is 14.1. The standard InChI is InChI=1S/C32H27N5O2S/c33-16-22-14-19(18-40-36-27(38)15-23-4-1-2-12-34-23)6-11-26(22)37-17-25-29(21-9-10-21)31-24(5-3-13-35-31)28(20-7-8-20)30(25)32(37)39/h1-6,11-14,20-21H,7-10,15,17-18H2,(H,36,38). The fourth-order valence-electron chi connectivity index (χ4n) is 5.89. The maximum Gasteiger partial charge on any atom is 0.259 e. The summed E-state index contributed by atoms with van der Waals surface area (Å²) in [6.45, 7) is 0.471. The summed E-state index contributed by atoms with van der Waals surface area (Å²) < 4.78 is 2.85. The van der Waals surface area contributed by atoms with Gasteiger partial charge in [0.2, 0.25) is 5.91 Å². The number of anilines is 1. The topological polar surface area (TPSA) is 99.0 Å². The van der Waals surface area contributed by atoms with Crippen LogP contribution in [0.25, 0.3) is 10.9 Å². The average molecular weight is 546 g/mol. The third-order valence-corrected chi connectivity index (χ3v) is 8.81. The van der Waals surface area contributed by atoms with Crippen molar-refractivity contribution in [2.24, 2.45) is 0 Å². The van der Waals surface area contributed by atoms with Gasteiger partial charge in [-0.15, -0.1) is 0 Å². The Balaban J connectivity index is 1.14. The molecule has 2 amide bonds. The highest BCUT2D eigenvalue weighted by atomic mass is 32.2. The molecule has 2 aliphatic carbocycles. The van der Waals surface area contributed by atoms with Crippen molar-refractivity contribution in [1.29, 1.82) is 5.26 Å². The lowest BCUT2D eigenvalue weighted by molar-refractivity contribution is -0.118. The molecule has 0 saturated heterocycles. The lowest BCUT2D eigenvalue weighted by Crippen LogP contribution is -2.24. The molecule has 7 nitrogen and oxygen atoms in total. The molecular weight excluding hydrogens is 518 g/mol. The highest BCUT2D eigenvalue weighted by Gasteiger charge is 2.42.